The predicted octanol–water partition coefficient (Wildman–Crippen LogP) is 6.40. The van der Waals surface area contributed by atoms with E-state index in [-0.39, 0.29) is 5.92 Å². The number of hydrogen-bond acceptors (Lipinski definition) is 2. The first-order chi connectivity index (χ1) is 12.7. The summed E-state index contributed by atoms with van der Waals surface area (Å²) in [5.74, 6) is 2.05. The van der Waals surface area contributed by atoms with E-state index in [2.05, 4.69) is 43.3 Å². The van der Waals surface area contributed by atoms with Crippen LogP contribution in [0.2, 0.25) is 0 Å². The highest BCUT2D eigenvalue weighted by molar-refractivity contribution is 5.86. The molecular weight excluding hydrogens is 320 g/mol. The van der Waals surface area contributed by atoms with Gasteiger partial charge in [0.1, 0.15) is 11.5 Å². The number of benzene rings is 2. The molecule has 0 unspecified atom stereocenters. The van der Waals surface area contributed by atoms with Gasteiger partial charge in [-0.15, -0.1) is 0 Å². The Morgan fingerprint density at radius 3 is 2.15 bits per heavy atom. The topological polar surface area (TPSA) is 26.3 Å². The van der Waals surface area contributed by atoms with Gasteiger partial charge in [0, 0.05) is 12.3 Å². The summed E-state index contributed by atoms with van der Waals surface area (Å²) < 4.78 is 5.50. The van der Waals surface area contributed by atoms with Crippen molar-refractivity contribution >= 4 is 5.78 Å². The van der Waals surface area contributed by atoms with Crippen molar-refractivity contribution in [1.82, 2.24) is 0 Å². The minimum absolute atomic E-state index is 0.0993. The van der Waals surface area contributed by atoms with Gasteiger partial charge in [0.15, 0.2) is 0 Å². The molecule has 3 rings (SSSR count). The third kappa shape index (κ3) is 4.55. The second-order valence-electron chi connectivity index (χ2n) is 7.39. The van der Waals surface area contributed by atoms with Gasteiger partial charge in [0.05, 0.1) is 6.61 Å². The molecular formula is C24H30O2. The molecule has 1 aliphatic carbocycles. The number of Topliss-reactive ketones (excluding diaryl/α,β-unsaturated/α-hetero) is 1. The fourth-order valence-corrected chi connectivity index (χ4v) is 4.00. The van der Waals surface area contributed by atoms with E-state index in [9.17, 15) is 4.79 Å². The summed E-state index contributed by atoms with van der Waals surface area (Å²) in [6, 6.07) is 16.8. The maximum absolute atomic E-state index is 12.6. The van der Waals surface area contributed by atoms with Crippen LogP contribution in [0.1, 0.15) is 63.9 Å². The van der Waals surface area contributed by atoms with Crippen LogP contribution in [0.4, 0.5) is 0 Å². The Hall–Kier alpha value is -2.09. The Bertz CT molecular complexity index is 700. The second-order valence-corrected chi connectivity index (χ2v) is 7.39. The number of carbonyl (C=O) groups excluding carboxylic acids is 1. The molecule has 0 aromatic heterocycles. The lowest BCUT2D eigenvalue weighted by molar-refractivity contribution is -0.123. The van der Waals surface area contributed by atoms with Gasteiger partial charge in [-0.2, -0.15) is 0 Å². The first kappa shape index (κ1) is 18.7. The SMILES string of the molecule is CCCC[C@@H]1CC[C@@H](c2ccc(-c3ccc(OCC)cc3)cc2)C(=O)C1. The van der Waals surface area contributed by atoms with Crippen LogP contribution in [0.25, 0.3) is 11.1 Å². The molecule has 2 heteroatoms. The first-order valence-corrected chi connectivity index (χ1v) is 10.1. The van der Waals surface area contributed by atoms with E-state index in [0.29, 0.717) is 18.3 Å². The second kappa shape index (κ2) is 9.02. The average molecular weight is 351 g/mol. The number of ether oxygens (including phenoxy) is 1. The Morgan fingerprint density at radius 1 is 0.923 bits per heavy atom. The molecule has 138 valence electrons. The summed E-state index contributed by atoms with van der Waals surface area (Å²) in [6.07, 6.45) is 6.66. The van der Waals surface area contributed by atoms with E-state index in [1.165, 1.54) is 42.4 Å². The molecule has 0 saturated heterocycles. The van der Waals surface area contributed by atoms with Crippen LogP contribution in [0.5, 0.6) is 5.75 Å². The first-order valence-electron chi connectivity index (χ1n) is 10.1. The molecule has 26 heavy (non-hydrogen) atoms. The normalized spacial score (nSPS) is 20.2. The summed E-state index contributed by atoms with van der Waals surface area (Å²) in [4.78, 5) is 12.6. The Kier molecular flexibility index (Phi) is 6.49. The van der Waals surface area contributed by atoms with Crippen molar-refractivity contribution in [2.75, 3.05) is 6.61 Å². The van der Waals surface area contributed by atoms with E-state index in [1.54, 1.807) is 0 Å². The molecule has 2 nitrogen and oxygen atoms in total. The van der Waals surface area contributed by atoms with Gasteiger partial charge in [-0.25, -0.2) is 0 Å². The standard InChI is InChI=1S/C24H30O2/c1-3-5-6-18-7-16-23(24(25)17-18)21-10-8-19(9-11-21)20-12-14-22(15-13-20)26-4-2/h8-15,18,23H,3-7,16-17H2,1-2H3/t18-,23+/m1/s1. The minimum atomic E-state index is 0.0993. The third-order valence-corrected chi connectivity index (χ3v) is 5.52. The molecule has 2 aromatic rings. The minimum Gasteiger partial charge on any atom is -0.494 e. The van der Waals surface area contributed by atoms with Gasteiger partial charge < -0.3 is 4.74 Å². The van der Waals surface area contributed by atoms with Crippen LogP contribution < -0.4 is 4.74 Å². The Labute approximate surface area is 157 Å². The fraction of sp³-hybridized carbons (Fsp3) is 0.458. The Balaban J connectivity index is 1.65. The molecule has 1 saturated carbocycles. The lowest BCUT2D eigenvalue weighted by Gasteiger charge is -2.27. The maximum Gasteiger partial charge on any atom is 0.140 e. The molecule has 1 fully saturated rings. The van der Waals surface area contributed by atoms with Crippen LogP contribution in [0.3, 0.4) is 0 Å². The zero-order valence-electron chi connectivity index (χ0n) is 16.0. The monoisotopic (exact) mass is 350 g/mol. The van der Waals surface area contributed by atoms with Crippen molar-refractivity contribution in [3.05, 3.63) is 54.1 Å². The van der Waals surface area contributed by atoms with E-state index >= 15 is 0 Å². The highest BCUT2D eigenvalue weighted by Gasteiger charge is 2.29. The van der Waals surface area contributed by atoms with E-state index in [4.69, 9.17) is 4.74 Å². The molecule has 0 bridgehead atoms. The van der Waals surface area contributed by atoms with Crippen molar-refractivity contribution < 1.29 is 9.53 Å². The average Bonchev–Trinajstić information content (AvgIpc) is 2.68. The van der Waals surface area contributed by atoms with Crippen molar-refractivity contribution in [3.63, 3.8) is 0 Å². The molecule has 1 aliphatic rings. The Morgan fingerprint density at radius 2 is 1.58 bits per heavy atom. The third-order valence-electron chi connectivity index (χ3n) is 5.52. The van der Waals surface area contributed by atoms with E-state index in [0.717, 1.165) is 18.6 Å². The zero-order valence-corrected chi connectivity index (χ0v) is 16.0. The molecule has 2 aromatic carbocycles. The van der Waals surface area contributed by atoms with E-state index in [1.807, 2.05) is 19.1 Å². The van der Waals surface area contributed by atoms with Crippen LogP contribution >= 0.6 is 0 Å². The lowest BCUT2D eigenvalue weighted by Crippen LogP contribution is -2.23. The maximum atomic E-state index is 12.6. The predicted molar refractivity (Wildman–Crippen MR) is 108 cm³/mol. The summed E-state index contributed by atoms with van der Waals surface area (Å²) in [5.41, 5.74) is 3.54. The largest absolute Gasteiger partial charge is 0.494 e. The van der Waals surface area contributed by atoms with Crippen LogP contribution in [0, 0.1) is 5.92 Å². The van der Waals surface area contributed by atoms with Gasteiger partial charge in [-0.1, -0.05) is 62.6 Å². The molecule has 0 spiro atoms. The number of carbonyl (C=O) groups is 1. The van der Waals surface area contributed by atoms with E-state index < -0.39 is 0 Å². The van der Waals surface area contributed by atoms with Crippen molar-refractivity contribution in [3.8, 4) is 16.9 Å². The van der Waals surface area contributed by atoms with Crippen molar-refractivity contribution in [1.29, 1.82) is 0 Å². The zero-order chi connectivity index (χ0) is 18.4. The van der Waals surface area contributed by atoms with Crippen molar-refractivity contribution in [2.45, 2.75) is 58.3 Å². The molecule has 0 amide bonds. The summed E-state index contributed by atoms with van der Waals surface area (Å²) in [6.45, 7) is 4.90. The molecule has 0 aliphatic heterocycles. The van der Waals surface area contributed by atoms with Gasteiger partial charge in [0.25, 0.3) is 0 Å². The quantitative estimate of drug-likeness (QED) is 0.578. The summed E-state index contributed by atoms with van der Waals surface area (Å²) in [5, 5.41) is 0. The van der Waals surface area contributed by atoms with Crippen LogP contribution in [-0.4, -0.2) is 12.4 Å². The summed E-state index contributed by atoms with van der Waals surface area (Å²) >= 11 is 0. The smallest absolute Gasteiger partial charge is 0.140 e. The number of unbranched alkanes of at least 4 members (excludes halogenated alkanes) is 1. The van der Waals surface area contributed by atoms with Crippen molar-refractivity contribution in [2.24, 2.45) is 5.92 Å². The molecule has 0 heterocycles. The van der Waals surface area contributed by atoms with Gasteiger partial charge in [-0.05, 0) is 54.5 Å². The molecule has 0 radical (unpaired) electrons. The lowest BCUT2D eigenvalue weighted by atomic mass is 9.76. The molecule has 0 N–H and O–H groups in total. The highest BCUT2D eigenvalue weighted by atomic mass is 16.5. The van der Waals surface area contributed by atoms with Crippen LogP contribution in [-0.2, 0) is 4.79 Å². The summed E-state index contributed by atoms with van der Waals surface area (Å²) in [7, 11) is 0. The highest BCUT2D eigenvalue weighted by Crippen LogP contribution is 2.36. The van der Waals surface area contributed by atoms with Gasteiger partial charge in [-0.3, -0.25) is 4.79 Å². The van der Waals surface area contributed by atoms with Gasteiger partial charge in [0.2, 0.25) is 0 Å². The number of ketones is 1. The van der Waals surface area contributed by atoms with Crippen LogP contribution in [0.15, 0.2) is 48.5 Å². The fourth-order valence-electron chi connectivity index (χ4n) is 4.00. The number of hydrogen-bond donors (Lipinski definition) is 0. The molecule has 2 atom stereocenters. The van der Waals surface area contributed by atoms with Gasteiger partial charge >= 0.3 is 0 Å². The number of rotatable bonds is 7.